The van der Waals surface area contributed by atoms with E-state index in [9.17, 15) is 0 Å². The zero-order valence-electron chi connectivity index (χ0n) is 11.3. The molecule has 0 aliphatic carbocycles. The number of aliphatic hydroxyl groups excluding tert-OH is 2. The van der Waals surface area contributed by atoms with Crippen LogP contribution in [0.25, 0.3) is 0 Å². The van der Waals surface area contributed by atoms with E-state index >= 15 is 0 Å². The summed E-state index contributed by atoms with van der Waals surface area (Å²) in [5, 5.41) is 17.7. The van der Waals surface area contributed by atoms with Gasteiger partial charge < -0.3 is 14.9 Å². The Morgan fingerprint density at radius 3 is 2.26 bits per heavy atom. The predicted octanol–water partition coefficient (Wildman–Crippen LogP) is 1.15. The molecule has 4 nitrogen and oxygen atoms in total. The van der Waals surface area contributed by atoms with Crippen molar-refractivity contribution in [2.75, 3.05) is 26.3 Å². The minimum absolute atomic E-state index is 0.105. The van der Waals surface area contributed by atoms with Crippen molar-refractivity contribution in [2.24, 2.45) is 0 Å². The average Bonchev–Trinajstić information content (AvgIpc) is 2.47. The average molecular weight is 265 g/mol. The third kappa shape index (κ3) is 4.58. The van der Waals surface area contributed by atoms with Crippen molar-refractivity contribution < 1.29 is 14.9 Å². The number of benzene rings is 1. The summed E-state index contributed by atoms with van der Waals surface area (Å²) in [6, 6.07) is 8.12. The molecule has 1 saturated heterocycles. The quantitative estimate of drug-likeness (QED) is 0.810. The summed E-state index contributed by atoms with van der Waals surface area (Å²) in [7, 11) is 0. The number of hydrogen-bond donors (Lipinski definition) is 2. The molecule has 1 fully saturated rings. The largest absolute Gasteiger partial charge is 0.394 e. The molecule has 0 radical (unpaired) electrons. The van der Waals surface area contributed by atoms with Crippen LogP contribution in [0.5, 0.6) is 0 Å². The van der Waals surface area contributed by atoms with Crippen molar-refractivity contribution in [1.82, 2.24) is 4.90 Å². The Hall–Kier alpha value is -0.940. The van der Waals surface area contributed by atoms with Crippen LogP contribution >= 0.6 is 0 Å². The van der Waals surface area contributed by atoms with Gasteiger partial charge in [-0.05, 0) is 24.0 Å². The fourth-order valence-corrected chi connectivity index (χ4v) is 2.46. The van der Waals surface area contributed by atoms with E-state index in [2.05, 4.69) is 17.0 Å². The first-order valence-corrected chi connectivity index (χ1v) is 6.95. The Labute approximate surface area is 114 Å². The summed E-state index contributed by atoms with van der Waals surface area (Å²) >= 11 is 0. The maximum absolute atomic E-state index is 9.01. The normalized spacial score (nSPS) is 17.8. The van der Waals surface area contributed by atoms with Crippen LogP contribution < -0.4 is 0 Å². The van der Waals surface area contributed by atoms with Crippen molar-refractivity contribution >= 4 is 0 Å². The van der Waals surface area contributed by atoms with Crippen molar-refractivity contribution in [2.45, 2.75) is 32.1 Å². The molecule has 19 heavy (non-hydrogen) atoms. The second-order valence-electron chi connectivity index (χ2n) is 5.04. The van der Waals surface area contributed by atoms with Crippen molar-refractivity contribution in [3.05, 3.63) is 35.4 Å². The fourth-order valence-electron chi connectivity index (χ4n) is 2.46. The Balaban J connectivity index is 1.75. The van der Waals surface area contributed by atoms with Crippen LogP contribution in [0.2, 0.25) is 0 Å². The van der Waals surface area contributed by atoms with Gasteiger partial charge in [0.15, 0.2) is 0 Å². The van der Waals surface area contributed by atoms with E-state index in [4.69, 9.17) is 14.9 Å². The monoisotopic (exact) mass is 265 g/mol. The summed E-state index contributed by atoms with van der Waals surface area (Å²) in [6.45, 7) is 3.70. The minimum Gasteiger partial charge on any atom is -0.394 e. The van der Waals surface area contributed by atoms with Gasteiger partial charge in [-0.1, -0.05) is 24.3 Å². The molecule has 1 aromatic rings. The molecule has 2 N–H and O–H groups in total. The third-order valence-corrected chi connectivity index (χ3v) is 3.59. The first-order valence-electron chi connectivity index (χ1n) is 6.95. The van der Waals surface area contributed by atoms with Gasteiger partial charge in [-0.3, -0.25) is 4.90 Å². The smallest absolute Gasteiger partial charge is 0.0701 e. The van der Waals surface area contributed by atoms with Gasteiger partial charge in [-0.15, -0.1) is 0 Å². The molecular weight excluding hydrogens is 242 g/mol. The second-order valence-corrected chi connectivity index (χ2v) is 5.04. The summed E-state index contributed by atoms with van der Waals surface area (Å²) in [4.78, 5) is 2.42. The highest BCUT2D eigenvalue weighted by Crippen LogP contribution is 2.16. The molecule has 0 saturated carbocycles. The van der Waals surface area contributed by atoms with Crippen LogP contribution in [-0.2, 0) is 17.9 Å². The number of hydrogen-bond acceptors (Lipinski definition) is 4. The summed E-state index contributed by atoms with van der Waals surface area (Å²) in [5.74, 6) is 0. The number of nitrogens with zero attached hydrogens (tertiary/aromatic N) is 1. The lowest BCUT2D eigenvalue weighted by Gasteiger charge is -2.31. The minimum atomic E-state index is 0.105. The zero-order chi connectivity index (χ0) is 13.5. The molecule has 0 atom stereocenters. The standard InChI is InChI=1S/C15H23NO3/c17-9-10-19-15-5-7-16(8-6-15)11-13-1-3-14(12-18)4-2-13/h1-4,15,17-18H,5-12H2. The maximum Gasteiger partial charge on any atom is 0.0701 e. The Morgan fingerprint density at radius 2 is 1.68 bits per heavy atom. The highest BCUT2D eigenvalue weighted by molar-refractivity contribution is 5.21. The number of ether oxygens (including phenoxy) is 1. The van der Waals surface area contributed by atoms with Crippen LogP contribution in [0.15, 0.2) is 24.3 Å². The topological polar surface area (TPSA) is 52.9 Å². The number of piperidine rings is 1. The molecule has 106 valence electrons. The number of likely N-dealkylation sites (tertiary alicyclic amines) is 1. The number of rotatable bonds is 6. The van der Waals surface area contributed by atoms with E-state index in [1.54, 1.807) is 0 Å². The van der Waals surface area contributed by atoms with Gasteiger partial charge in [-0.2, -0.15) is 0 Å². The molecule has 0 bridgehead atoms. The van der Waals surface area contributed by atoms with E-state index in [1.165, 1.54) is 5.56 Å². The van der Waals surface area contributed by atoms with Crippen LogP contribution in [0, 0.1) is 0 Å². The predicted molar refractivity (Wildman–Crippen MR) is 73.7 cm³/mol. The molecule has 1 aliphatic rings. The first kappa shape index (κ1) is 14.5. The van der Waals surface area contributed by atoms with Gasteiger partial charge in [0, 0.05) is 19.6 Å². The van der Waals surface area contributed by atoms with E-state index in [0.29, 0.717) is 12.7 Å². The van der Waals surface area contributed by atoms with Crippen molar-refractivity contribution in [3.63, 3.8) is 0 Å². The van der Waals surface area contributed by atoms with E-state index < -0.39 is 0 Å². The first-order chi connectivity index (χ1) is 9.31. The molecule has 1 aliphatic heterocycles. The van der Waals surface area contributed by atoms with Crippen LogP contribution in [-0.4, -0.2) is 47.5 Å². The van der Waals surface area contributed by atoms with Crippen LogP contribution in [0.1, 0.15) is 24.0 Å². The third-order valence-electron chi connectivity index (χ3n) is 3.59. The molecule has 0 aromatic heterocycles. The van der Waals surface area contributed by atoms with Gasteiger partial charge in [-0.25, -0.2) is 0 Å². The van der Waals surface area contributed by atoms with E-state index in [-0.39, 0.29) is 13.2 Å². The SMILES string of the molecule is OCCOC1CCN(Cc2ccc(CO)cc2)CC1. The van der Waals surface area contributed by atoms with Gasteiger partial charge in [0.2, 0.25) is 0 Å². The zero-order valence-corrected chi connectivity index (χ0v) is 11.3. The molecular formula is C15H23NO3. The Morgan fingerprint density at radius 1 is 1.05 bits per heavy atom. The highest BCUT2D eigenvalue weighted by atomic mass is 16.5. The fraction of sp³-hybridized carbons (Fsp3) is 0.600. The molecule has 4 heteroatoms. The lowest BCUT2D eigenvalue weighted by atomic mass is 10.1. The molecule has 0 unspecified atom stereocenters. The molecule has 1 aromatic carbocycles. The molecule has 1 heterocycles. The number of aliphatic hydroxyl groups is 2. The lowest BCUT2D eigenvalue weighted by Crippen LogP contribution is -2.36. The molecule has 0 spiro atoms. The highest BCUT2D eigenvalue weighted by Gasteiger charge is 2.19. The summed E-state index contributed by atoms with van der Waals surface area (Å²) in [5.41, 5.74) is 2.24. The summed E-state index contributed by atoms with van der Waals surface area (Å²) < 4.78 is 5.56. The van der Waals surface area contributed by atoms with Crippen LogP contribution in [0.4, 0.5) is 0 Å². The second kappa shape index (κ2) is 7.60. The van der Waals surface area contributed by atoms with Crippen molar-refractivity contribution in [1.29, 1.82) is 0 Å². The maximum atomic E-state index is 9.01. The van der Waals surface area contributed by atoms with E-state index in [1.807, 2.05) is 12.1 Å². The lowest BCUT2D eigenvalue weighted by molar-refractivity contribution is -0.00901. The van der Waals surface area contributed by atoms with Gasteiger partial charge in [0.05, 0.1) is 25.9 Å². The molecule has 2 rings (SSSR count). The molecule has 0 amide bonds. The Bertz CT molecular complexity index is 358. The van der Waals surface area contributed by atoms with Gasteiger partial charge in [0.25, 0.3) is 0 Å². The van der Waals surface area contributed by atoms with Crippen LogP contribution in [0.3, 0.4) is 0 Å². The summed E-state index contributed by atoms with van der Waals surface area (Å²) in [6.07, 6.45) is 2.38. The van der Waals surface area contributed by atoms with E-state index in [0.717, 1.165) is 38.0 Å². The van der Waals surface area contributed by atoms with Crippen molar-refractivity contribution in [3.8, 4) is 0 Å². The Kier molecular flexibility index (Phi) is 5.79. The van der Waals surface area contributed by atoms with Gasteiger partial charge in [0.1, 0.15) is 0 Å². The van der Waals surface area contributed by atoms with Gasteiger partial charge >= 0.3 is 0 Å².